The zero-order chi connectivity index (χ0) is 31.7. The van der Waals surface area contributed by atoms with Gasteiger partial charge in [-0.15, -0.1) is 11.8 Å². The molecular weight excluding hydrogens is 629 g/mol. The summed E-state index contributed by atoms with van der Waals surface area (Å²) in [5.41, 5.74) is 0.908. The lowest BCUT2D eigenvalue weighted by molar-refractivity contribution is -0.139. The number of rotatable bonds is 14. The van der Waals surface area contributed by atoms with Gasteiger partial charge in [0.05, 0.1) is 27.2 Å². The van der Waals surface area contributed by atoms with Crippen LogP contribution in [0.3, 0.4) is 0 Å². The predicted octanol–water partition coefficient (Wildman–Crippen LogP) is 6.64. The summed E-state index contributed by atoms with van der Waals surface area (Å²) in [6.45, 7) is 7.18. The van der Waals surface area contributed by atoms with Crippen molar-refractivity contribution in [2.24, 2.45) is 0 Å². The lowest BCUT2D eigenvalue weighted by Crippen LogP contribution is -2.52. The molecule has 0 aliphatic carbocycles. The van der Waals surface area contributed by atoms with Crippen LogP contribution >= 0.6 is 35.0 Å². The van der Waals surface area contributed by atoms with Gasteiger partial charge >= 0.3 is 0 Å². The Morgan fingerprint density at radius 2 is 1.60 bits per heavy atom. The zero-order valence-electron chi connectivity index (χ0n) is 24.8. The van der Waals surface area contributed by atoms with E-state index in [1.807, 2.05) is 27.0 Å². The van der Waals surface area contributed by atoms with Crippen molar-refractivity contribution in [3.8, 4) is 5.75 Å². The van der Waals surface area contributed by atoms with Crippen LogP contribution in [0.15, 0.2) is 76.5 Å². The molecule has 3 aromatic rings. The standard InChI is InChI=1S/C31H37Cl2N3O5S2/c1-6-21(3)34-31(38)22(4)35(19-23-8-17-28(32)29(33)18-23)30(37)20-36(24-9-11-25(12-10-24)41-7-2)43(39,40)27-15-13-26(42-5)14-16-27/h8-18,21-22H,6-7,19-20H2,1-5H3,(H,34,38)/t21-,22+/m1/s1. The van der Waals surface area contributed by atoms with E-state index >= 15 is 0 Å². The molecule has 43 heavy (non-hydrogen) atoms. The average molecular weight is 667 g/mol. The first-order valence-electron chi connectivity index (χ1n) is 13.8. The number of amides is 2. The maximum atomic E-state index is 14.1. The van der Waals surface area contributed by atoms with Gasteiger partial charge < -0.3 is 15.0 Å². The molecular formula is C31H37Cl2N3O5S2. The van der Waals surface area contributed by atoms with Crippen molar-refractivity contribution >= 4 is 62.5 Å². The lowest BCUT2D eigenvalue weighted by atomic mass is 10.1. The topological polar surface area (TPSA) is 96.0 Å². The van der Waals surface area contributed by atoms with E-state index in [0.717, 1.165) is 9.20 Å². The molecule has 0 aliphatic heterocycles. The Balaban J connectivity index is 2.05. The van der Waals surface area contributed by atoms with E-state index < -0.39 is 28.5 Å². The van der Waals surface area contributed by atoms with E-state index in [9.17, 15) is 18.0 Å². The fraction of sp³-hybridized carbons (Fsp3) is 0.355. The number of halogens is 2. The van der Waals surface area contributed by atoms with E-state index in [1.165, 1.54) is 28.8 Å². The molecule has 12 heteroatoms. The Bertz CT molecular complexity index is 1500. The minimum atomic E-state index is -4.19. The van der Waals surface area contributed by atoms with Gasteiger partial charge in [0.1, 0.15) is 18.3 Å². The molecule has 2 atom stereocenters. The number of ether oxygens (including phenoxy) is 1. The highest BCUT2D eigenvalue weighted by atomic mass is 35.5. The maximum absolute atomic E-state index is 14.1. The second-order valence-corrected chi connectivity index (χ2v) is 13.4. The molecule has 232 valence electrons. The third-order valence-corrected chi connectivity index (χ3v) is 10.1. The number of carbonyl (C=O) groups is 2. The molecule has 0 radical (unpaired) electrons. The highest BCUT2D eigenvalue weighted by Gasteiger charge is 2.33. The van der Waals surface area contributed by atoms with Gasteiger partial charge in [-0.25, -0.2) is 8.42 Å². The molecule has 0 spiro atoms. The summed E-state index contributed by atoms with van der Waals surface area (Å²) in [7, 11) is -4.19. The Labute approximate surface area is 268 Å². The molecule has 1 N–H and O–H groups in total. The van der Waals surface area contributed by atoms with Crippen molar-refractivity contribution in [1.82, 2.24) is 10.2 Å². The van der Waals surface area contributed by atoms with Crippen molar-refractivity contribution in [2.45, 2.75) is 62.5 Å². The van der Waals surface area contributed by atoms with E-state index in [-0.39, 0.29) is 29.1 Å². The number of sulfonamides is 1. The molecule has 0 unspecified atom stereocenters. The van der Waals surface area contributed by atoms with E-state index in [2.05, 4.69) is 5.32 Å². The second-order valence-electron chi connectivity index (χ2n) is 9.88. The van der Waals surface area contributed by atoms with Gasteiger partial charge in [-0.3, -0.25) is 13.9 Å². The smallest absolute Gasteiger partial charge is 0.264 e. The first-order chi connectivity index (χ1) is 20.4. The molecule has 2 amide bonds. The van der Waals surface area contributed by atoms with Crippen molar-refractivity contribution in [3.63, 3.8) is 0 Å². The van der Waals surface area contributed by atoms with Gasteiger partial charge in [0.25, 0.3) is 10.0 Å². The third kappa shape index (κ3) is 9.04. The van der Waals surface area contributed by atoms with Crippen LogP contribution in [0.5, 0.6) is 5.75 Å². The summed E-state index contributed by atoms with van der Waals surface area (Å²) in [6.07, 6.45) is 2.60. The van der Waals surface area contributed by atoms with Crippen LogP contribution in [0.2, 0.25) is 10.0 Å². The molecule has 0 bridgehead atoms. The van der Waals surface area contributed by atoms with Crippen LogP contribution in [0.1, 0.15) is 39.7 Å². The van der Waals surface area contributed by atoms with Crippen molar-refractivity contribution in [3.05, 3.63) is 82.3 Å². The molecule has 0 aliphatic rings. The summed E-state index contributed by atoms with van der Waals surface area (Å²) in [4.78, 5) is 29.6. The fourth-order valence-electron chi connectivity index (χ4n) is 4.16. The first kappa shape index (κ1) is 34.6. The van der Waals surface area contributed by atoms with Crippen LogP contribution in [0, 0.1) is 0 Å². The number of nitrogens with zero attached hydrogens (tertiary/aromatic N) is 2. The van der Waals surface area contributed by atoms with Gasteiger partial charge in [0, 0.05) is 17.5 Å². The highest BCUT2D eigenvalue weighted by Crippen LogP contribution is 2.28. The predicted molar refractivity (Wildman–Crippen MR) is 175 cm³/mol. The average Bonchev–Trinajstić information content (AvgIpc) is 3.00. The van der Waals surface area contributed by atoms with Gasteiger partial charge in [-0.2, -0.15) is 0 Å². The van der Waals surface area contributed by atoms with Gasteiger partial charge in [0.2, 0.25) is 11.8 Å². The molecule has 8 nitrogen and oxygen atoms in total. The van der Waals surface area contributed by atoms with E-state index in [1.54, 1.807) is 61.5 Å². The van der Waals surface area contributed by atoms with Gasteiger partial charge in [-0.1, -0.05) is 36.2 Å². The zero-order valence-corrected chi connectivity index (χ0v) is 28.0. The number of nitrogens with one attached hydrogen (secondary N) is 1. The Hall–Kier alpha value is -2.92. The highest BCUT2D eigenvalue weighted by molar-refractivity contribution is 7.98. The molecule has 0 fully saturated rings. The number of anilines is 1. The molecule has 0 heterocycles. The van der Waals surface area contributed by atoms with Gasteiger partial charge in [0.15, 0.2) is 0 Å². The van der Waals surface area contributed by atoms with Crippen LogP contribution < -0.4 is 14.4 Å². The molecule has 0 saturated heterocycles. The SMILES string of the molecule is CCOc1ccc(N(CC(=O)N(Cc2ccc(Cl)c(Cl)c2)[C@@H](C)C(=O)N[C@H](C)CC)S(=O)(=O)c2ccc(SC)cc2)cc1. The lowest BCUT2D eigenvalue weighted by Gasteiger charge is -2.32. The van der Waals surface area contributed by atoms with Gasteiger partial charge in [-0.05, 0) is 99.7 Å². The summed E-state index contributed by atoms with van der Waals surface area (Å²) in [5.74, 6) is -0.363. The largest absolute Gasteiger partial charge is 0.494 e. The number of thioether (sulfide) groups is 1. The summed E-state index contributed by atoms with van der Waals surface area (Å²) in [6, 6.07) is 16.9. The van der Waals surface area contributed by atoms with Crippen LogP contribution in [-0.4, -0.2) is 56.6 Å². The minimum absolute atomic E-state index is 0.00437. The molecule has 3 rings (SSSR count). The number of hydrogen-bond acceptors (Lipinski definition) is 6. The minimum Gasteiger partial charge on any atom is -0.494 e. The Kier molecular flexibility index (Phi) is 12.6. The quantitative estimate of drug-likeness (QED) is 0.194. The third-order valence-electron chi connectivity index (χ3n) is 6.87. The van der Waals surface area contributed by atoms with E-state index in [0.29, 0.717) is 34.4 Å². The van der Waals surface area contributed by atoms with Crippen molar-refractivity contribution < 1.29 is 22.7 Å². The van der Waals surface area contributed by atoms with Crippen molar-refractivity contribution in [2.75, 3.05) is 23.7 Å². The van der Waals surface area contributed by atoms with Crippen molar-refractivity contribution in [1.29, 1.82) is 0 Å². The first-order valence-corrected chi connectivity index (χ1v) is 17.3. The Morgan fingerprint density at radius 3 is 2.16 bits per heavy atom. The summed E-state index contributed by atoms with van der Waals surface area (Å²) < 4.78 is 34.7. The fourth-order valence-corrected chi connectivity index (χ4v) is 6.30. The molecule has 0 aromatic heterocycles. The Morgan fingerprint density at radius 1 is 0.953 bits per heavy atom. The summed E-state index contributed by atoms with van der Waals surface area (Å²) in [5, 5.41) is 3.57. The number of hydrogen-bond donors (Lipinski definition) is 1. The normalized spacial score (nSPS) is 12.7. The van der Waals surface area contributed by atoms with E-state index in [4.69, 9.17) is 27.9 Å². The van der Waals surface area contributed by atoms with Crippen LogP contribution in [0.4, 0.5) is 5.69 Å². The summed E-state index contributed by atoms with van der Waals surface area (Å²) >= 11 is 13.8. The molecule has 0 saturated carbocycles. The molecule has 3 aromatic carbocycles. The second kappa shape index (κ2) is 15.7. The number of carbonyl (C=O) groups excluding carboxylic acids is 2. The maximum Gasteiger partial charge on any atom is 0.264 e. The monoisotopic (exact) mass is 665 g/mol. The number of benzene rings is 3. The van der Waals surface area contributed by atoms with Crippen LogP contribution in [-0.2, 0) is 26.2 Å². The van der Waals surface area contributed by atoms with Crippen LogP contribution in [0.25, 0.3) is 0 Å².